The van der Waals surface area contributed by atoms with Crippen LogP contribution in [0.3, 0.4) is 0 Å². The molecule has 0 aliphatic heterocycles. The first-order valence-corrected chi connectivity index (χ1v) is 6.67. The third kappa shape index (κ3) is 3.79. The molecule has 0 bridgehead atoms. The number of hydrogen-bond acceptors (Lipinski definition) is 2. The highest BCUT2D eigenvalue weighted by atomic mass is 35.5. The van der Waals surface area contributed by atoms with E-state index in [0.717, 1.165) is 11.1 Å². The van der Waals surface area contributed by atoms with E-state index in [1.165, 1.54) is 18.2 Å². The van der Waals surface area contributed by atoms with Gasteiger partial charge in [-0.15, -0.1) is 0 Å². The predicted molar refractivity (Wildman–Crippen MR) is 77.2 cm³/mol. The van der Waals surface area contributed by atoms with Crippen molar-refractivity contribution in [1.29, 1.82) is 0 Å². The molecule has 1 atom stereocenters. The van der Waals surface area contributed by atoms with Crippen molar-refractivity contribution in [2.45, 2.75) is 19.1 Å². The summed E-state index contributed by atoms with van der Waals surface area (Å²) in [5, 5.41) is 10.7. The molecular weight excluding hydrogens is 279 g/mol. The molecule has 0 saturated carbocycles. The predicted octanol–water partition coefficient (Wildman–Crippen LogP) is 3.90. The van der Waals surface area contributed by atoms with Crippen LogP contribution in [0.1, 0.15) is 22.8 Å². The van der Waals surface area contributed by atoms with Crippen molar-refractivity contribution in [3.05, 3.63) is 70.0 Å². The SMILES string of the molecule is COCc1cccc(C(O)Cc2cc(F)ccc2Cl)c1. The molecule has 2 aromatic carbocycles. The van der Waals surface area contributed by atoms with Crippen LogP contribution in [0.15, 0.2) is 42.5 Å². The summed E-state index contributed by atoms with van der Waals surface area (Å²) in [7, 11) is 1.62. The molecule has 2 aromatic rings. The van der Waals surface area contributed by atoms with Crippen molar-refractivity contribution in [1.82, 2.24) is 0 Å². The van der Waals surface area contributed by atoms with E-state index in [-0.39, 0.29) is 12.2 Å². The van der Waals surface area contributed by atoms with E-state index in [4.69, 9.17) is 16.3 Å². The number of halogens is 2. The second kappa shape index (κ2) is 6.84. The standard InChI is InChI=1S/C16H16ClFO2/c1-20-10-11-3-2-4-12(7-11)16(19)9-13-8-14(18)5-6-15(13)17/h2-8,16,19H,9-10H2,1H3. The Bertz CT molecular complexity index is 586. The van der Waals surface area contributed by atoms with Crippen LogP contribution in [-0.2, 0) is 17.8 Å². The number of methoxy groups -OCH3 is 1. The van der Waals surface area contributed by atoms with E-state index in [0.29, 0.717) is 17.2 Å². The van der Waals surface area contributed by atoms with Gasteiger partial charge in [-0.3, -0.25) is 0 Å². The normalized spacial score (nSPS) is 12.4. The van der Waals surface area contributed by atoms with Crippen LogP contribution in [0.25, 0.3) is 0 Å². The highest BCUT2D eigenvalue weighted by molar-refractivity contribution is 6.31. The van der Waals surface area contributed by atoms with Crippen LogP contribution in [-0.4, -0.2) is 12.2 Å². The third-order valence-electron chi connectivity index (χ3n) is 3.07. The van der Waals surface area contributed by atoms with Gasteiger partial charge in [0.1, 0.15) is 5.82 Å². The maximum absolute atomic E-state index is 13.2. The Morgan fingerprint density at radius 3 is 2.80 bits per heavy atom. The molecule has 0 aliphatic rings. The molecule has 1 N–H and O–H groups in total. The van der Waals surface area contributed by atoms with Crippen molar-refractivity contribution in [2.75, 3.05) is 7.11 Å². The molecule has 20 heavy (non-hydrogen) atoms. The maximum Gasteiger partial charge on any atom is 0.123 e. The molecule has 4 heteroatoms. The third-order valence-corrected chi connectivity index (χ3v) is 3.44. The smallest absolute Gasteiger partial charge is 0.123 e. The van der Waals surface area contributed by atoms with Gasteiger partial charge in [-0.2, -0.15) is 0 Å². The first kappa shape index (κ1) is 15.0. The summed E-state index contributed by atoms with van der Waals surface area (Å²) in [6.07, 6.45) is -0.460. The van der Waals surface area contributed by atoms with Gasteiger partial charge in [0.15, 0.2) is 0 Å². The molecule has 0 heterocycles. The van der Waals surface area contributed by atoms with Crippen molar-refractivity contribution in [3.63, 3.8) is 0 Å². The molecular formula is C16H16ClFO2. The Labute approximate surface area is 122 Å². The van der Waals surface area contributed by atoms with E-state index >= 15 is 0 Å². The van der Waals surface area contributed by atoms with Crippen LogP contribution >= 0.6 is 11.6 Å². The van der Waals surface area contributed by atoms with Crippen molar-refractivity contribution in [2.24, 2.45) is 0 Å². The molecule has 0 aromatic heterocycles. The minimum absolute atomic E-state index is 0.271. The lowest BCUT2D eigenvalue weighted by molar-refractivity contribution is 0.175. The van der Waals surface area contributed by atoms with Crippen LogP contribution < -0.4 is 0 Å². The molecule has 0 aliphatic carbocycles. The van der Waals surface area contributed by atoms with Crippen molar-refractivity contribution in [3.8, 4) is 0 Å². The number of aliphatic hydroxyl groups excluding tert-OH is 1. The Morgan fingerprint density at radius 1 is 1.25 bits per heavy atom. The van der Waals surface area contributed by atoms with Gasteiger partial charge in [0.2, 0.25) is 0 Å². The van der Waals surface area contributed by atoms with Gasteiger partial charge in [0, 0.05) is 18.6 Å². The minimum Gasteiger partial charge on any atom is -0.388 e. The molecule has 0 saturated heterocycles. The van der Waals surface area contributed by atoms with Gasteiger partial charge in [-0.1, -0.05) is 35.9 Å². The van der Waals surface area contributed by atoms with E-state index in [2.05, 4.69) is 0 Å². The Hall–Kier alpha value is -1.42. The van der Waals surface area contributed by atoms with Crippen LogP contribution in [0.4, 0.5) is 4.39 Å². The lowest BCUT2D eigenvalue weighted by Gasteiger charge is -2.13. The monoisotopic (exact) mass is 294 g/mol. The van der Waals surface area contributed by atoms with Crippen LogP contribution in [0.2, 0.25) is 5.02 Å². The summed E-state index contributed by atoms with van der Waals surface area (Å²) in [4.78, 5) is 0. The molecule has 2 rings (SSSR count). The van der Waals surface area contributed by atoms with Gasteiger partial charge >= 0.3 is 0 Å². The zero-order chi connectivity index (χ0) is 14.5. The largest absolute Gasteiger partial charge is 0.388 e. The molecule has 1 unspecified atom stereocenters. The van der Waals surface area contributed by atoms with Crippen molar-refractivity contribution < 1.29 is 14.2 Å². The molecule has 2 nitrogen and oxygen atoms in total. The van der Waals surface area contributed by atoms with E-state index in [1.807, 2.05) is 24.3 Å². The molecule has 0 radical (unpaired) electrons. The summed E-state index contributed by atoms with van der Waals surface area (Å²) in [5.74, 6) is -0.357. The summed E-state index contributed by atoms with van der Waals surface area (Å²) in [6, 6.07) is 11.6. The number of ether oxygens (including phenoxy) is 1. The zero-order valence-electron chi connectivity index (χ0n) is 11.1. The fourth-order valence-corrected chi connectivity index (χ4v) is 2.28. The average molecular weight is 295 g/mol. The zero-order valence-corrected chi connectivity index (χ0v) is 11.9. The Kier molecular flexibility index (Phi) is 5.12. The second-order valence-corrected chi connectivity index (χ2v) is 5.04. The first-order valence-electron chi connectivity index (χ1n) is 6.30. The fraction of sp³-hybridized carbons (Fsp3) is 0.250. The van der Waals surface area contributed by atoms with Crippen LogP contribution in [0, 0.1) is 5.82 Å². The number of benzene rings is 2. The molecule has 0 spiro atoms. The van der Waals surface area contributed by atoms with Gasteiger partial charge in [0.05, 0.1) is 12.7 Å². The topological polar surface area (TPSA) is 29.5 Å². The Morgan fingerprint density at radius 2 is 2.05 bits per heavy atom. The molecule has 0 fully saturated rings. The quantitative estimate of drug-likeness (QED) is 0.906. The van der Waals surface area contributed by atoms with Gasteiger partial charge < -0.3 is 9.84 Å². The summed E-state index contributed by atoms with van der Waals surface area (Å²) in [5.41, 5.74) is 2.34. The highest BCUT2D eigenvalue weighted by Crippen LogP contribution is 2.25. The molecule has 0 amide bonds. The minimum atomic E-state index is -0.730. The second-order valence-electron chi connectivity index (χ2n) is 4.63. The maximum atomic E-state index is 13.2. The fourth-order valence-electron chi connectivity index (χ4n) is 2.08. The lowest BCUT2D eigenvalue weighted by atomic mass is 10.00. The van der Waals surface area contributed by atoms with Crippen LogP contribution in [0.5, 0.6) is 0 Å². The van der Waals surface area contributed by atoms with E-state index in [9.17, 15) is 9.50 Å². The van der Waals surface area contributed by atoms with Gasteiger partial charge in [0.25, 0.3) is 0 Å². The van der Waals surface area contributed by atoms with Gasteiger partial charge in [-0.05, 0) is 34.9 Å². The van der Waals surface area contributed by atoms with Crippen molar-refractivity contribution >= 4 is 11.6 Å². The summed E-state index contributed by atoms with van der Waals surface area (Å²) >= 11 is 6.01. The number of rotatable bonds is 5. The number of aliphatic hydroxyl groups is 1. The summed E-state index contributed by atoms with van der Waals surface area (Å²) in [6.45, 7) is 0.487. The average Bonchev–Trinajstić information content (AvgIpc) is 2.43. The number of hydrogen-bond donors (Lipinski definition) is 1. The van der Waals surface area contributed by atoms with Gasteiger partial charge in [-0.25, -0.2) is 4.39 Å². The highest BCUT2D eigenvalue weighted by Gasteiger charge is 2.12. The van der Waals surface area contributed by atoms with E-state index < -0.39 is 6.10 Å². The lowest BCUT2D eigenvalue weighted by Crippen LogP contribution is -2.03. The molecule has 106 valence electrons. The Balaban J connectivity index is 2.17. The first-order chi connectivity index (χ1) is 9.60. The van der Waals surface area contributed by atoms with E-state index in [1.54, 1.807) is 7.11 Å². The summed E-state index contributed by atoms with van der Waals surface area (Å²) < 4.78 is 18.3.